The second-order valence-electron chi connectivity index (χ2n) is 11.9. The van der Waals surface area contributed by atoms with Crippen LogP contribution in [-0.2, 0) is 38.6 Å². The Morgan fingerprint density at radius 3 is 1.20 bits per heavy atom. The van der Waals surface area contributed by atoms with E-state index < -0.39 is 34.3 Å². The highest BCUT2D eigenvalue weighted by molar-refractivity contribution is 9.08. The topological polar surface area (TPSA) is 9.23 Å². The molecule has 2 saturated carbocycles. The summed E-state index contributed by atoms with van der Waals surface area (Å²) in [5.74, 6) is 0. The maximum absolute atomic E-state index is 13.5. The fourth-order valence-corrected chi connectivity index (χ4v) is 7.96. The normalized spacial score (nSPS) is 19.9. The van der Waals surface area contributed by atoms with Gasteiger partial charge in [0.1, 0.15) is 0 Å². The predicted molar refractivity (Wildman–Crippen MR) is 158 cm³/mol. The molecule has 9 heteroatoms. The van der Waals surface area contributed by atoms with E-state index in [2.05, 4.69) is 31.9 Å². The Kier molecular flexibility index (Phi) is 11.0. The molecule has 0 saturated heterocycles. The highest BCUT2D eigenvalue weighted by Crippen LogP contribution is 2.45. The minimum atomic E-state index is -4.41. The minimum Gasteiger partial charge on any atom is -0.380 e. The Labute approximate surface area is 256 Å². The van der Waals surface area contributed by atoms with Gasteiger partial charge in [-0.1, -0.05) is 95.4 Å². The van der Waals surface area contributed by atoms with Gasteiger partial charge in [-0.15, -0.1) is 0 Å². The van der Waals surface area contributed by atoms with Crippen LogP contribution >= 0.6 is 31.9 Å². The highest BCUT2D eigenvalue weighted by Gasteiger charge is 2.41. The Bertz CT molecular complexity index is 1050. The molecule has 41 heavy (non-hydrogen) atoms. The average molecular weight is 712 g/mol. The van der Waals surface area contributed by atoms with E-state index in [1.54, 1.807) is 12.1 Å². The van der Waals surface area contributed by atoms with Crippen LogP contribution in [0.3, 0.4) is 0 Å². The lowest BCUT2D eigenvalue weighted by Crippen LogP contribution is -2.38. The molecule has 228 valence electrons. The van der Waals surface area contributed by atoms with Crippen LogP contribution in [0, 0.1) is 0 Å². The summed E-state index contributed by atoms with van der Waals surface area (Å²) >= 11 is 6.88. The highest BCUT2D eigenvalue weighted by atomic mass is 79.9. The van der Waals surface area contributed by atoms with E-state index in [1.165, 1.54) is 24.3 Å². The van der Waals surface area contributed by atoms with Gasteiger partial charge in [0.15, 0.2) is 0 Å². The number of hydrogen-bond acceptors (Lipinski definition) is 1. The quantitative estimate of drug-likeness (QED) is 0.150. The summed E-state index contributed by atoms with van der Waals surface area (Å²) in [6, 6.07) is 8.18. The molecule has 2 aliphatic carbocycles. The van der Waals surface area contributed by atoms with Gasteiger partial charge >= 0.3 is 12.4 Å². The Balaban J connectivity index is 1.68. The van der Waals surface area contributed by atoms with Crippen LogP contribution in [0.15, 0.2) is 36.4 Å². The van der Waals surface area contributed by atoms with Crippen molar-refractivity contribution >= 4 is 31.9 Å². The van der Waals surface area contributed by atoms with Gasteiger partial charge < -0.3 is 4.74 Å². The molecule has 0 unspecified atom stereocenters. The molecule has 2 aromatic rings. The maximum Gasteiger partial charge on any atom is 0.416 e. The molecule has 0 N–H and O–H groups in total. The van der Waals surface area contributed by atoms with E-state index in [-0.39, 0.29) is 0 Å². The number of rotatable bonds is 8. The Hall–Kier alpha value is -1.06. The Morgan fingerprint density at radius 2 is 0.902 bits per heavy atom. The van der Waals surface area contributed by atoms with Crippen molar-refractivity contribution in [2.75, 3.05) is 13.2 Å². The SMILES string of the molecule is FC(F)(F)c1ccc(C2(COCC3(c4ccc(C(F)(F)F)cc4CBr)CCCCCC3)CCCCCC2)c(CBr)c1. The summed E-state index contributed by atoms with van der Waals surface area (Å²) in [5.41, 5.74) is 0.981. The maximum atomic E-state index is 13.5. The van der Waals surface area contributed by atoms with Crippen LogP contribution in [0.5, 0.6) is 0 Å². The van der Waals surface area contributed by atoms with Gasteiger partial charge in [0, 0.05) is 21.5 Å². The molecule has 2 aromatic carbocycles. The molecule has 0 aliphatic heterocycles. The number of ether oxygens (including phenoxy) is 1. The fraction of sp³-hybridized carbons (Fsp3) is 0.625. The second kappa shape index (κ2) is 13.7. The molecular weight excluding hydrogens is 674 g/mol. The summed E-state index contributed by atoms with van der Waals surface area (Å²) in [6.45, 7) is 0.759. The zero-order chi connectivity index (χ0) is 29.7. The van der Waals surface area contributed by atoms with Gasteiger partial charge in [-0.2, -0.15) is 26.3 Å². The first-order valence-electron chi connectivity index (χ1n) is 14.6. The van der Waals surface area contributed by atoms with Crippen molar-refractivity contribution in [3.8, 4) is 0 Å². The zero-order valence-corrected chi connectivity index (χ0v) is 26.4. The third-order valence-electron chi connectivity index (χ3n) is 9.17. The lowest BCUT2D eigenvalue weighted by atomic mass is 9.72. The molecule has 0 radical (unpaired) electrons. The van der Waals surface area contributed by atoms with Crippen LogP contribution in [0.4, 0.5) is 26.3 Å². The van der Waals surface area contributed by atoms with Crippen molar-refractivity contribution in [1.82, 2.24) is 0 Å². The summed E-state index contributed by atoms with van der Waals surface area (Å²) in [5, 5.41) is 0.635. The first-order valence-corrected chi connectivity index (χ1v) is 16.8. The van der Waals surface area contributed by atoms with E-state index in [0.717, 1.165) is 88.2 Å². The van der Waals surface area contributed by atoms with Crippen LogP contribution in [-0.4, -0.2) is 13.2 Å². The van der Waals surface area contributed by atoms with Gasteiger partial charge in [0.25, 0.3) is 0 Å². The predicted octanol–water partition coefficient (Wildman–Crippen LogP) is 11.4. The Morgan fingerprint density at radius 1 is 0.561 bits per heavy atom. The van der Waals surface area contributed by atoms with Crippen molar-refractivity contribution in [3.63, 3.8) is 0 Å². The summed E-state index contributed by atoms with van der Waals surface area (Å²) in [6.07, 6.45) is 2.72. The second-order valence-corrected chi connectivity index (χ2v) is 13.0. The largest absolute Gasteiger partial charge is 0.416 e. The molecule has 0 spiro atoms. The molecular formula is C32H38Br2F6O. The summed E-state index contributed by atoms with van der Waals surface area (Å²) < 4.78 is 87.8. The average Bonchev–Trinajstić information content (AvgIpc) is 3.33. The molecule has 0 bridgehead atoms. The van der Waals surface area contributed by atoms with Crippen molar-refractivity contribution in [2.24, 2.45) is 0 Å². The first kappa shape index (κ1) is 32.8. The van der Waals surface area contributed by atoms with Gasteiger partial charge in [-0.3, -0.25) is 0 Å². The molecule has 4 rings (SSSR count). The van der Waals surface area contributed by atoms with Crippen LogP contribution in [0.1, 0.15) is 110 Å². The van der Waals surface area contributed by atoms with Crippen molar-refractivity contribution in [3.05, 3.63) is 69.8 Å². The molecule has 0 aromatic heterocycles. The summed E-state index contributed by atoms with van der Waals surface area (Å²) in [4.78, 5) is 0. The number of halogens is 8. The van der Waals surface area contributed by atoms with Crippen molar-refractivity contribution in [1.29, 1.82) is 0 Å². The molecule has 0 amide bonds. The lowest BCUT2D eigenvalue weighted by Gasteiger charge is -2.39. The van der Waals surface area contributed by atoms with Crippen molar-refractivity contribution < 1.29 is 31.1 Å². The van der Waals surface area contributed by atoms with Crippen molar-refractivity contribution in [2.45, 2.75) is 111 Å². The zero-order valence-electron chi connectivity index (χ0n) is 23.2. The van der Waals surface area contributed by atoms with Gasteiger partial charge in [0.2, 0.25) is 0 Å². The van der Waals surface area contributed by atoms with Crippen LogP contribution < -0.4 is 0 Å². The molecule has 0 atom stereocenters. The van der Waals surface area contributed by atoms with Gasteiger partial charge in [0.05, 0.1) is 24.3 Å². The van der Waals surface area contributed by atoms with E-state index in [1.807, 2.05) is 0 Å². The summed E-state index contributed by atoms with van der Waals surface area (Å²) in [7, 11) is 0. The van der Waals surface area contributed by atoms with E-state index in [0.29, 0.717) is 35.0 Å². The number of alkyl halides is 8. The standard InChI is InChI=1S/C32H38Br2F6O/c33-19-23-17-25(31(35,36)37)9-11-27(23)29(13-5-1-2-6-14-29)21-41-22-30(15-7-3-4-8-16-30)28-12-10-26(32(38,39)40)18-24(28)20-34/h9-12,17-18H,1-8,13-16,19-22H2. The van der Waals surface area contributed by atoms with Gasteiger partial charge in [-0.25, -0.2) is 0 Å². The lowest BCUT2D eigenvalue weighted by molar-refractivity contribution is -0.138. The van der Waals surface area contributed by atoms with E-state index in [9.17, 15) is 26.3 Å². The van der Waals surface area contributed by atoms with Gasteiger partial charge in [-0.05, 0) is 72.2 Å². The third kappa shape index (κ3) is 7.72. The van der Waals surface area contributed by atoms with Crippen LogP contribution in [0.2, 0.25) is 0 Å². The van der Waals surface area contributed by atoms with Crippen LogP contribution in [0.25, 0.3) is 0 Å². The molecule has 2 aliphatic rings. The fourth-order valence-electron chi connectivity index (χ4n) is 7.03. The molecule has 0 heterocycles. The molecule has 2 fully saturated rings. The number of hydrogen-bond donors (Lipinski definition) is 0. The smallest absolute Gasteiger partial charge is 0.380 e. The van der Waals surface area contributed by atoms with E-state index >= 15 is 0 Å². The monoisotopic (exact) mass is 710 g/mol. The molecule has 1 nitrogen and oxygen atoms in total. The third-order valence-corrected chi connectivity index (χ3v) is 10.4. The first-order chi connectivity index (χ1) is 19.4. The number of benzene rings is 2. The minimum absolute atomic E-state index is 0.318. The van der Waals surface area contributed by atoms with E-state index in [4.69, 9.17) is 4.74 Å².